The van der Waals surface area contributed by atoms with Crippen LogP contribution < -0.4 is 4.74 Å². The molecule has 0 fully saturated rings. The number of hydrogen-bond donors (Lipinski definition) is 0. The van der Waals surface area contributed by atoms with Crippen LogP contribution in [0.2, 0.25) is 0 Å². The van der Waals surface area contributed by atoms with Crippen molar-refractivity contribution in [1.29, 1.82) is 0 Å². The van der Waals surface area contributed by atoms with Gasteiger partial charge in [-0.2, -0.15) is 4.31 Å². The summed E-state index contributed by atoms with van der Waals surface area (Å²) in [6, 6.07) is 12.4. The molecule has 0 amide bonds. The van der Waals surface area contributed by atoms with Gasteiger partial charge >= 0.3 is 0 Å². The van der Waals surface area contributed by atoms with Crippen LogP contribution >= 0.6 is 0 Å². The van der Waals surface area contributed by atoms with Crippen LogP contribution in [0.5, 0.6) is 5.75 Å². The number of sulfonamides is 1. The molecular formula is C26H31N3O3S. The molecule has 6 nitrogen and oxygen atoms in total. The molecule has 1 aromatic heterocycles. The summed E-state index contributed by atoms with van der Waals surface area (Å²) in [4.78, 5) is 9.00. The van der Waals surface area contributed by atoms with Gasteiger partial charge in [0, 0.05) is 31.0 Å². The Labute approximate surface area is 196 Å². The van der Waals surface area contributed by atoms with Crippen molar-refractivity contribution in [2.45, 2.75) is 46.1 Å². The van der Waals surface area contributed by atoms with Gasteiger partial charge in [0.15, 0.2) is 5.82 Å². The van der Waals surface area contributed by atoms with Crippen LogP contribution in [0, 0.1) is 6.92 Å². The number of hydrogen-bond acceptors (Lipinski definition) is 5. The van der Waals surface area contributed by atoms with E-state index in [4.69, 9.17) is 4.74 Å². The molecule has 0 aliphatic carbocycles. The lowest BCUT2D eigenvalue weighted by atomic mass is 10.0. The largest absolute Gasteiger partial charge is 0.494 e. The zero-order chi connectivity index (χ0) is 23.4. The Hall–Kier alpha value is -2.77. The van der Waals surface area contributed by atoms with Crippen LogP contribution in [0.1, 0.15) is 41.2 Å². The number of fused-ring (bicyclic) bond motifs is 1. The minimum atomic E-state index is -3.15. The van der Waals surface area contributed by atoms with Gasteiger partial charge < -0.3 is 4.74 Å². The summed E-state index contributed by atoms with van der Waals surface area (Å²) in [5.41, 5.74) is 6.89. The van der Waals surface area contributed by atoms with Crippen LogP contribution in [-0.2, 0) is 35.8 Å². The Bertz CT molecular complexity index is 1220. The third-order valence-corrected chi connectivity index (χ3v) is 7.40. The van der Waals surface area contributed by atoms with E-state index in [1.54, 1.807) is 0 Å². The standard InChI is InChI=1S/C26H31N3O3S/c1-4-20-16-27-26(28-17-20)25-10-7-21(14-19(25)2)6-5-13-32-24-9-8-23-18-29(33(3,30)31)12-11-22(23)15-24/h7-10,14-17H,4-6,11-13,18H2,1-3H3. The highest BCUT2D eigenvalue weighted by atomic mass is 32.2. The zero-order valence-corrected chi connectivity index (χ0v) is 20.4. The predicted octanol–water partition coefficient (Wildman–Crippen LogP) is 4.34. The molecular weight excluding hydrogens is 434 g/mol. The molecule has 0 N–H and O–H groups in total. The van der Waals surface area contributed by atoms with Gasteiger partial charge in [-0.25, -0.2) is 18.4 Å². The monoisotopic (exact) mass is 465 g/mol. The molecule has 1 aliphatic rings. The number of benzene rings is 2. The van der Waals surface area contributed by atoms with Gasteiger partial charge in [0.25, 0.3) is 0 Å². The van der Waals surface area contributed by atoms with E-state index in [0.717, 1.165) is 53.9 Å². The average molecular weight is 466 g/mol. The van der Waals surface area contributed by atoms with Crippen molar-refractivity contribution in [2.24, 2.45) is 0 Å². The fourth-order valence-corrected chi connectivity index (χ4v) is 4.95. The van der Waals surface area contributed by atoms with Crippen LogP contribution in [0.15, 0.2) is 48.8 Å². The molecule has 2 heterocycles. The Kier molecular flexibility index (Phi) is 7.10. The number of aromatic nitrogens is 2. The highest BCUT2D eigenvalue weighted by Crippen LogP contribution is 2.25. The molecule has 0 spiro atoms. The van der Waals surface area contributed by atoms with Gasteiger partial charge in [-0.1, -0.05) is 31.2 Å². The Morgan fingerprint density at radius 2 is 1.82 bits per heavy atom. The quantitative estimate of drug-likeness (QED) is 0.463. The summed E-state index contributed by atoms with van der Waals surface area (Å²) in [6.45, 7) is 5.80. The van der Waals surface area contributed by atoms with Crippen molar-refractivity contribution in [1.82, 2.24) is 14.3 Å². The number of ether oxygens (including phenoxy) is 1. The normalized spacial score (nSPS) is 14.2. The van der Waals surface area contributed by atoms with E-state index in [1.807, 2.05) is 24.5 Å². The van der Waals surface area contributed by atoms with Crippen LogP contribution in [0.25, 0.3) is 11.4 Å². The molecule has 0 radical (unpaired) electrons. The fourth-order valence-electron chi connectivity index (χ4n) is 4.15. The first-order valence-electron chi connectivity index (χ1n) is 11.4. The second-order valence-corrected chi connectivity index (χ2v) is 10.6. The molecule has 0 unspecified atom stereocenters. The van der Waals surface area contributed by atoms with Crippen molar-refractivity contribution in [2.75, 3.05) is 19.4 Å². The van der Waals surface area contributed by atoms with Crippen molar-refractivity contribution in [3.63, 3.8) is 0 Å². The smallest absolute Gasteiger partial charge is 0.211 e. The molecule has 2 aromatic carbocycles. The van der Waals surface area contributed by atoms with Crippen molar-refractivity contribution < 1.29 is 13.2 Å². The van der Waals surface area contributed by atoms with Gasteiger partial charge in [0.2, 0.25) is 10.0 Å². The Balaban J connectivity index is 1.30. The fraction of sp³-hybridized carbons (Fsp3) is 0.385. The number of aryl methyl sites for hydroxylation is 3. The third kappa shape index (κ3) is 5.78. The zero-order valence-electron chi connectivity index (χ0n) is 19.5. The maximum atomic E-state index is 11.8. The van der Waals surface area contributed by atoms with Gasteiger partial charge in [0.1, 0.15) is 5.75 Å². The van der Waals surface area contributed by atoms with Crippen molar-refractivity contribution in [3.8, 4) is 17.1 Å². The van der Waals surface area contributed by atoms with E-state index in [0.29, 0.717) is 19.7 Å². The summed E-state index contributed by atoms with van der Waals surface area (Å²) in [6.07, 6.45) is 8.57. The molecule has 3 aromatic rings. The molecule has 4 rings (SSSR count). The van der Waals surface area contributed by atoms with Crippen LogP contribution in [-0.4, -0.2) is 42.1 Å². The van der Waals surface area contributed by atoms with Crippen LogP contribution in [0.3, 0.4) is 0 Å². The van der Waals surface area contributed by atoms with Crippen molar-refractivity contribution in [3.05, 3.63) is 76.6 Å². The highest BCUT2D eigenvalue weighted by molar-refractivity contribution is 7.88. The van der Waals surface area contributed by atoms with E-state index < -0.39 is 10.0 Å². The number of rotatable bonds is 8. The van der Waals surface area contributed by atoms with E-state index >= 15 is 0 Å². The lowest BCUT2D eigenvalue weighted by molar-refractivity contribution is 0.309. The molecule has 1 aliphatic heterocycles. The molecule has 0 saturated heterocycles. The van der Waals surface area contributed by atoms with Gasteiger partial charge in [-0.15, -0.1) is 0 Å². The van der Waals surface area contributed by atoms with Crippen LogP contribution in [0.4, 0.5) is 0 Å². The molecule has 0 saturated carbocycles. The first-order valence-corrected chi connectivity index (χ1v) is 13.3. The maximum absolute atomic E-state index is 11.8. The summed E-state index contributed by atoms with van der Waals surface area (Å²) >= 11 is 0. The summed E-state index contributed by atoms with van der Waals surface area (Å²) < 4.78 is 31.1. The van der Waals surface area contributed by atoms with E-state index in [9.17, 15) is 8.42 Å². The van der Waals surface area contributed by atoms with Crippen molar-refractivity contribution >= 4 is 10.0 Å². The SMILES string of the molecule is CCc1cnc(-c2ccc(CCCOc3ccc4c(c3)CCN(S(C)(=O)=O)C4)cc2C)nc1. The maximum Gasteiger partial charge on any atom is 0.211 e. The lowest BCUT2D eigenvalue weighted by Gasteiger charge is -2.27. The average Bonchev–Trinajstić information content (AvgIpc) is 2.81. The topological polar surface area (TPSA) is 72.4 Å². The Morgan fingerprint density at radius 1 is 1.03 bits per heavy atom. The summed E-state index contributed by atoms with van der Waals surface area (Å²) in [5.74, 6) is 1.62. The number of nitrogens with zero attached hydrogens (tertiary/aromatic N) is 3. The van der Waals surface area contributed by atoms with Gasteiger partial charge in [-0.05, 0) is 72.6 Å². The molecule has 33 heavy (non-hydrogen) atoms. The first kappa shape index (κ1) is 23.4. The lowest BCUT2D eigenvalue weighted by Crippen LogP contribution is -2.35. The minimum Gasteiger partial charge on any atom is -0.494 e. The van der Waals surface area contributed by atoms with Gasteiger partial charge in [0.05, 0.1) is 12.9 Å². The third-order valence-electron chi connectivity index (χ3n) is 6.15. The summed E-state index contributed by atoms with van der Waals surface area (Å²) in [7, 11) is -3.15. The van der Waals surface area contributed by atoms with E-state index in [1.165, 1.54) is 27.3 Å². The molecule has 0 atom stereocenters. The highest BCUT2D eigenvalue weighted by Gasteiger charge is 2.23. The second kappa shape index (κ2) is 10.0. The molecule has 0 bridgehead atoms. The van der Waals surface area contributed by atoms with Gasteiger partial charge in [-0.3, -0.25) is 0 Å². The molecule has 7 heteroatoms. The molecule has 174 valence electrons. The van der Waals surface area contributed by atoms with E-state index in [2.05, 4.69) is 48.1 Å². The second-order valence-electron chi connectivity index (χ2n) is 8.65. The summed E-state index contributed by atoms with van der Waals surface area (Å²) in [5, 5.41) is 0. The minimum absolute atomic E-state index is 0.442. The Morgan fingerprint density at radius 3 is 2.52 bits per heavy atom. The first-order chi connectivity index (χ1) is 15.8. The predicted molar refractivity (Wildman–Crippen MR) is 131 cm³/mol. The van der Waals surface area contributed by atoms with E-state index in [-0.39, 0.29) is 0 Å².